The van der Waals surface area contributed by atoms with Crippen LogP contribution in [0.4, 0.5) is 0 Å². The number of carbonyl (C=O) groups is 2. The number of nitrogens with zero attached hydrogens (tertiary/aromatic N) is 4. The van der Waals surface area contributed by atoms with Crippen molar-refractivity contribution in [1.82, 2.24) is 29.6 Å². The molecule has 3 aliphatic rings. The van der Waals surface area contributed by atoms with E-state index in [4.69, 9.17) is 9.47 Å². The van der Waals surface area contributed by atoms with E-state index in [2.05, 4.69) is 68.6 Å². The maximum Gasteiger partial charge on any atom is 0.250 e. The van der Waals surface area contributed by atoms with Crippen LogP contribution in [0.3, 0.4) is 0 Å². The van der Waals surface area contributed by atoms with Crippen molar-refractivity contribution in [1.29, 1.82) is 0 Å². The number of amides is 2. The number of ether oxygens (including phenoxy) is 2. The number of H-pyrrole nitrogens is 2. The van der Waals surface area contributed by atoms with Gasteiger partial charge in [0.15, 0.2) is 0 Å². The Labute approximate surface area is 295 Å². The lowest BCUT2D eigenvalue weighted by Gasteiger charge is -2.33. The molecule has 0 radical (unpaired) electrons. The van der Waals surface area contributed by atoms with E-state index in [1.807, 2.05) is 21.9 Å². The van der Waals surface area contributed by atoms with Crippen LogP contribution in [0.15, 0.2) is 72.1 Å². The van der Waals surface area contributed by atoms with Gasteiger partial charge in [-0.1, -0.05) is 36.4 Å². The first-order chi connectivity index (χ1) is 24.6. The van der Waals surface area contributed by atoms with Gasteiger partial charge in [-0.25, -0.2) is 0 Å². The minimum absolute atomic E-state index is 0.0332. The summed E-state index contributed by atoms with van der Waals surface area (Å²) in [6.45, 7) is 10.5. The van der Waals surface area contributed by atoms with Gasteiger partial charge in [0.25, 0.3) is 0 Å². The molecule has 0 spiro atoms. The Morgan fingerprint density at radius 3 is 1.46 bits per heavy atom. The van der Waals surface area contributed by atoms with Crippen LogP contribution in [0.2, 0.25) is 0 Å². The maximum atomic E-state index is 14.6. The van der Waals surface area contributed by atoms with Crippen LogP contribution in [0.5, 0.6) is 0 Å². The van der Waals surface area contributed by atoms with E-state index in [1.165, 1.54) is 21.9 Å². The van der Waals surface area contributed by atoms with E-state index >= 15 is 0 Å². The highest BCUT2D eigenvalue weighted by Crippen LogP contribution is 2.29. The maximum absolute atomic E-state index is 14.6. The Kier molecular flexibility index (Phi) is 11.6. The third kappa shape index (κ3) is 8.32. The van der Waals surface area contributed by atoms with Crippen LogP contribution in [-0.4, -0.2) is 133 Å². The monoisotopic (exact) mass is 680 g/mol. The van der Waals surface area contributed by atoms with Crippen molar-refractivity contribution < 1.29 is 19.1 Å². The van der Waals surface area contributed by atoms with Gasteiger partial charge in [0.05, 0.1) is 26.4 Å². The first-order valence-electron chi connectivity index (χ1n) is 18.6. The molecule has 10 nitrogen and oxygen atoms in total. The third-order valence-corrected chi connectivity index (χ3v) is 10.8. The molecule has 2 amide bonds. The minimum atomic E-state index is 0.0332. The van der Waals surface area contributed by atoms with Gasteiger partial charge in [0.2, 0.25) is 11.8 Å². The van der Waals surface area contributed by atoms with E-state index in [1.54, 1.807) is 0 Å². The molecular weight excluding hydrogens is 628 g/mol. The largest absolute Gasteiger partial charge is 0.379 e. The SMILES string of the molecule is O=C(C1=C(C(=O)N(CCc2c[nH]c3ccccc23)CCN2CCOCC2)CCCC1)N(CCc1c[nH]c2ccccc12)CCN1CCOCC1. The number of aromatic amines is 2. The molecule has 2 aliphatic heterocycles. The molecule has 0 atom stereocenters. The summed E-state index contributed by atoms with van der Waals surface area (Å²) in [4.78, 5) is 44.9. The summed E-state index contributed by atoms with van der Waals surface area (Å²) in [6.07, 6.45) is 8.83. The Hall–Kier alpha value is -3.96. The highest BCUT2D eigenvalue weighted by Gasteiger charge is 2.30. The molecule has 2 N–H and O–H groups in total. The quantitative estimate of drug-likeness (QED) is 0.202. The number of nitrogens with one attached hydrogen (secondary N) is 2. The molecular formula is C40H52N6O4. The molecule has 0 saturated carbocycles. The van der Waals surface area contributed by atoms with Crippen LogP contribution >= 0.6 is 0 Å². The van der Waals surface area contributed by atoms with Gasteiger partial charge < -0.3 is 29.2 Å². The van der Waals surface area contributed by atoms with Gasteiger partial charge in [0.1, 0.15) is 0 Å². The zero-order chi connectivity index (χ0) is 34.1. The highest BCUT2D eigenvalue weighted by atomic mass is 16.5. The lowest BCUT2D eigenvalue weighted by Crippen LogP contribution is -2.46. The van der Waals surface area contributed by atoms with E-state index in [-0.39, 0.29) is 11.8 Å². The van der Waals surface area contributed by atoms with Gasteiger partial charge >= 0.3 is 0 Å². The second-order valence-corrected chi connectivity index (χ2v) is 13.9. The van der Waals surface area contributed by atoms with Crippen molar-refractivity contribution in [2.45, 2.75) is 38.5 Å². The minimum Gasteiger partial charge on any atom is -0.379 e. The summed E-state index contributed by atoms with van der Waals surface area (Å²) < 4.78 is 11.2. The normalized spacial score (nSPS) is 17.8. The number of fused-ring (bicyclic) bond motifs is 2. The fourth-order valence-electron chi connectivity index (χ4n) is 7.75. The van der Waals surface area contributed by atoms with Crippen molar-refractivity contribution >= 4 is 33.6 Å². The second kappa shape index (κ2) is 16.8. The Balaban J connectivity index is 1.12. The highest BCUT2D eigenvalue weighted by molar-refractivity contribution is 6.05. The summed E-state index contributed by atoms with van der Waals surface area (Å²) in [5, 5.41) is 2.40. The average molecular weight is 681 g/mol. The van der Waals surface area contributed by atoms with Crippen molar-refractivity contribution in [3.63, 3.8) is 0 Å². The topological polar surface area (TPSA) is 97.1 Å². The fraction of sp³-hybridized carbons (Fsp3) is 0.500. The fourth-order valence-corrected chi connectivity index (χ4v) is 7.75. The summed E-state index contributed by atoms with van der Waals surface area (Å²) in [7, 11) is 0. The lowest BCUT2D eigenvalue weighted by atomic mass is 9.89. The average Bonchev–Trinajstić information content (AvgIpc) is 3.79. The third-order valence-electron chi connectivity index (χ3n) is 10.8. The Bertz CT molecular complexity index is 1640. The Morgan fingerprint density at radius 2 is 1.02 bits per heavy atom. The number of morpholine rings is 2. The zero-order valence-electron chi connectivity index (χ0n) is 29.3. The second-order valence-electron chi connectivity index (χ2n) is 13.9. The number of hydrogen-bond donors (Lipinski definition) is 2. The molecule has 4 aromatic rings. The van der Waals surface area contributed by atoms with Gasteiger partial charge in [-0.05, 0) is 61.8 Å². The zero-order valence-corrected chi connectivity index (χ0v) is 29.3. The molecule has 7 rings (SSSR count). The molecule has 266 valence electrons. The molecule has 2 fully saturated rings. The van der Waals surface area contributed by atoms with E-state index in [0.29, 0.717) is 39.0 Å². The van der Waals surface area contributed by atoms with Crippen molar-refractivity contribution in [2.24, 2.45) is 0 Å². The van der Waals surface area contributed by atoms with Gasteiger partial charge in [-0.15, -0.1) is 0 Å². The van der Waals surface area contributed by atoms with Crippen LogP contribution in [0.25, 0.3) is 21.8 Å². The number of carbonyl (C=O) groups excluding carboxylic acids is 2. The predicted molar refractivity (Wildman–Crippen MR) is 197 cm³/mol. The molecule has 2 aromatic heterocycles. The molecule has 50 heavy (non-hydrogen) atoms. The van der Waals surface area contributed by atoms with Crippen LogP contribution in [0, 0.1) is 0 Å². The molecule has 4 heterocycles. The Morgan fingerprint density at radius 1 is 0.600 bits per heavy atom. The number of para-hydroxylation sites is 2. The lowest BCUT2D eigenvalue weighted by molar-refractivity contribution is -0.130. The van der Waals surface area contributed by atoms with E-state index in [9.17, 15) is 9.59 Å². The van der Waals surface area contributed by atoms with E-state index in [0.717, 1.165) is 114 Å². The molecule has 10 heteroatoms. The predicted octanol–water partition coefficient (Wildman–Crippen LogP) is 4.63. The first kappa shape index (κ1) is 34.5. The van der Waals surface area contributed by atoms with Gasteiger partial charge in [-0.2, -0.15) is 0 Å². The molecule has 0 unspecified atom stereocenters. The summed E-state index contributed by atoms with van der Waals surface area (Å²) in [5.41, 5.74) is 6.11. The number of hydrogen-bond acceptors (Lipinski definition) is 6. The number of aromatic nitrogens is 2. The first-order valence-corrected chi connectivity index (χ1v) is 18.6. The van der Waals surface area contributed by atoms with Gasteiger partial charge in [-0.3, -0.25) is 19.4 Å². The standard InChI is InChI=1S/C40H52N6O4/c47-39(45(19-17-43-21-25-49-26-22-43)15-13-31-29-41-37-11-5-3-7-33(31)37)35-9-1-2-10-36(35)40(48)46(20-18-44-23-27-50-28-24-44)16-14-32-30-42-38-12-6-4-8-34(32)38/h3-8,11-12,29-30,41-42H,1-2,9-10,13-28H2. The van der Waals surface area contributed by atoms with Crippen LogP contribution in [0.1, 0.15) is 36.8 Å². The summed E-state index contributed by atoms with van der Waals surface area (Å²) in [6, 6.07) is 16.7. The van der Waals surface area contributed by atoms with Crippen molar-refractivity contribution in [3.8, 4) is 0 Å². The number of rotatable bonds is 14. The van der Waals surface area contributed by atoms with Crippen molar-refractivity contribution in [2.75, 3.05) is 91.9 Å². The van der Waals surface area contributed by atoms with Gasteiger partial charge in [0, 0.05) is 111 Å². The number of benzene rings is 2. The van der Waals surface area contributed by atoms with E-state index < -0.39 is 0 Å². The van der Waals surface area contributed by atoms with Crippen LogP contribution in [-0.2, 0) is 31.9 Å². The van der Waals surface area contributed by atoms with Crippen LogP contribution < -0.4 is 0 Å². The summed E-state index contributed by atoms with van der Waals surface area (Å²) >= 11 is 0. The molecule has 1 aliphatic carbocycles. The summed E-state index contributed by atoms with van der Waals surface area (Å²) in [5.74, 6) is 0.0665. The van der Waals surface area contributed by atoms with Crippen molar-refractivity contribution in [3.05, 3.63) is 83.2 Å². The molecule has 0 bridgehead atoms. The molecule has 2 saturated heterocycles. The smallest absolute Gasteiger partial charge is 0.250 e. The molecule has 2 aromatic carbocycles.